The molecule has 0 unspecified atom stereocenters. The third kappa shape index (κ3) is 13.3. The molecule has 0 amide bonds. The standard InChI is InChI=1S/C33H57N2/c1-4-5-6-7-8-9-10-11-12-13-14-15-16-17-18-22-27-33-34(29-30-35(33)31(2)3)28-23-26-32-24-20-19-21-25-32/h19-21,24-25,29-31H,4-18,22-23,26-28H2,1-3H3/q+1. The van der Waals surface area contributed by atoms with E-state index in [0.717, 1.165) is 6.54 Å². The molecule has 0 aliphatic heterocycles. The van der Waals surface area contributed by atoms with Crippen molar-refractivity contribution in [1.29, 1.82) is 0 Å². The third-order valence-corrected chi connectivity index (χ3v) is 7.55. The van der Waals surface area contributed by atoms with Gasteiger partial charge in [0.2, 0.25) is 0 Å². The summed E-state index contributed by atoms with van der Waals surface area (Å²) in [6, 6.07) is 11.5. The number of aromatic nitrogens is 2. The van der Waals surface area contributed by atoms with Gasteiger partial charge in [0.1, 0.15) is 12.4 Å². The van der Waals surface area contributed by atoms with Crippen molar-refractivity contribution >= 4 is 0 Å². The van der Waals surface area contributed by atoms with Crippen LogP contribution in [0.25, 0.3) is 0 Å². The lowest BCUT2D eigenvalue weighted by Crippen LogP contribution is -2.37. The van der Waals surface area contributed by atoms with Crippen molar-refractivity contribution in [2.45, 2.75) is 155 Å². The molecule has 2 rings (SSSR count). The number of hydrogen-bond donors (Lipinski definition) is 0. The van der Waals surface area contributed by atoms with E-state index in [1.54, 1.807) is 0 Å². The molecular formula is C33H57N2+. The summed E-state index contributed by atoms with van der Waals surface area (Å²) in [5.74, 6) is 1.53. The molecule has 0 atom stereocenters. The SMILES string of the molecule is CCCCCCCCCCCCCCCCCCc1n(C(C)C)cc[n+]1CCCc1ccccc1. The largest absolute Gasteiger partial charge is 0.256 e. The van der Waals surface area contributed by atoms with E-state index in [1.807, 2.05) is 0 Å². The highest BCUT2D eigenvalue weighted by Crippen LogP contribution is 2.15. The minimum atomic E-state index is 0.543. The highest BCUT2D eigenvalue weighted by molar-refractivity contribution is 5.14. The Morgan fingerprint density at radius 1 is 0.629 bits per heavy atom. The Morgan fingerprint density at radius 2 is 1.14 bits per heavy atom. The normalized spacial score (nSPS) is 11.5. The average molecular weight is 482 g/mol. The summed E-state index contributed by atoms with van der Waals surface area (Å²) in [6.07, 6.45) is 31.2. The van der Waals surface area contributed by atoms with Gasteiger partial charge in [-0.2, -0.15) is 0 Å². The van der Waals surface area contributed by atoms with Crippen LogP contribution in [-0.2, 0) is 19.4 Å². The van der Waals surface area contributed by atoms with Gasteiger partial charge in [0.15, 0.2) is 0 Å². The van der Waals surface area contributed by atoms with Crippen molar-refractivity contribution in [1.82, 2.24) is 4.57 Å². The molecule has 0 spiro atoms. The number of rotatable bonds is 22. The van der Waals surface area contributed by atoms with Crippen LogP contribution >= 0.6 is 0 Å². The van der Waals surface area contributed by atoms with Crippen LogP contribution in [0.4, 0.5) is 0 Å². The molecule has 0 N–H and O–H groups in total. The van der Waals surface area contributed by atoms with Crippen molar-refractivity contribution in [3.05, 3.63) is 54.1 Å². The number of benzene rings is 1. The molecule has 0 aliphatic carbocycles. The van der Waals surface area contributed by atoms with E-state index in [4.69, 9.17) is 0 Å². The fourth-order valence-corrected chi connectivity index (χ4v) is 5.35. The van der Waals surface area contributed by atoms with Crippen LogP contribution in [0.1, 0.15) is 147 Å². The van der Waals surface area contributed by atoms with Gasteiger partial charge in [-0.15, -0.1) is 0 Å². The summed E-state index contributed by atoms with van der Waals surface area (Å²) in [4.78, 5) is 0. The smallest absolute Gasteiger partial charge is 0.234 e. The summed E-state index contributed by atoms with van der Waals surface area (Å²) >= 11 is 0. The first kappa shape index (κ1) is 29.7. The number of hydrogen-bond acceptors (Lipinski definition) is 0. The second-order valence-corrected chi connectivity index (χ2v) is 11.1. The van der Waals surface area contributed by atoms with Crippen molar-refractivity contribution in [2.24, 2.45) is 0 Å². The van der Waals surface area contributed by atoms with Gasteiger partial charge in [0, 0.05) is 6.42 Å². The molecule has 2 nitrogen and oxygen atoms in total. The first-order valence-electron chi connectivity index (χ1n) is 15.4. The average Bonchev–Trinajstić information content (AvgIpc) is 3.27. The van der Waals surface area contributed by atoms with Crippen LogP contribution in [0.3, 0.4) is 0 Å². The Kier molecular flexibility index (Phi) is 16.6. The molecule has 2 aromatic rings. The Bertz CT molecular complexity index is 731. The molecule has 0 aliphatic rings. The number of unbranched alkanes of at least 4 members (excludes halogenated alkanes) is 15. The van der Waals surface area contributed by atoms with E-state index in [-0.39, 0.29) is 0 Å². The van der Waals surface area contributed by atoms with Crippen LogP contribution in [0.15, 0.2) is 42.7 Å². The Morgan fingerprint density at radius 3 is 1.66 bits per heavy atom. The van der Waals surface area contributed by atoms with Crippen molar-refractivity contribution in [2.75, 3.05) is 0 Å². The molecular weight excluding hydrogens is 424 g/mol. The van der Waals surface area contributed by atoms with Crippen LogP contribution in [0, 0.1) is 0 Å². The van der Waals surface area contributed by atoms with Gasteiger partial charge < -0.3 is 0 Å². The first-order valence-corrected chi connectivity index (χ1v) is 15.4. The first-order chi connectivity index (χ1) is 17.2. The summed E-state index contributed by atoms with van der Waals surface area (Å²) < 4.78 is 5.02. The Hall–Kier alpha value is -1.57. The topological polar surface area (TPSA) is 8.81 Å². The van der Waals surface area contributed by atoms with E-state index in [0.29, 0.717) is 6.04 Å². The predicted octanol–water partition coefficient (Wildman–Crippen LogP) is 9.79. The van der Waals surface area contributed by atoms with Gasteiger partial charge in [-0.3, -0.25) is 0 Å². The lowest BCUT2D eigenvalue weighted by Gasteiger charge is -2.08. The zero-order valence-corrected chi connectivity index (χ0v) is 23.7. The lowest BCUT2D eigenvalue weighted by molar-refractivity contribution is -0.704. The minimum Gasteiger partial charge on any atom is -0.234 e. The summed E-state index contributed by atoms with van der Waals surface area (Å²) in [5.41, 5.74) is 1.45. The van der Waals surface area contributed by atoms with E-state index in [2.05, 4.69) is 72.6 Å². The van der Waals surface area contributed by atoms with E-state index < -0.39 is 0 Å². The Balaban J connectivity index is 1.51. The van der Waals surface area contributed by atoms with Crippen molar-refractivity contribution in [3.63, 3.8) is 0 Å². The zero-order valence-electron chi connectivity index (χ0n) is 23.7. The van der Waals surface area contributed by atoms with Crippen LogP contribution in [0.2, 0.25) is 0 Å². The number of nitrogens with zero attached hydrogens (tertiary/aromatic N) is 2. The van der Waals surface area contributed by atoms with E-state index in [9.17, 15) is 0 Å². The zero-order chi connectivity index (χ0) is 25.0. The van der Waals surface area contributed by atoms with Crippen molar-refractivity contribution < 1.29 is 4.57 Å². The lowest BCUT2D eigenvalue weighted by atomic mass is 10.0. The number of aryl methyl sites for hydroxylation is 2. The fourth-order valence-electron chi connectivity index (χ4n) is 5.35. The second-order valence-electron chi connectivity index (χ2n) is 11.1. The number of imidazole rings is 1. The molecule has 35 heavy (non-hydrogen) atoms. The fraction of sp³-hybridized carbons (Fsp3) is 0.727. The van der Waals surface area contributed by atoms with Gasteiger partial charge in [0.05, 0.1) is 12.6 Å². The maximum atomic E-state index is 2.52. The van der Waals surface area contributed by atoms with Gasteiger partial charge in [-0.25, -0.2) is 9.13 Å². The molecule has 0 fully saturated rings. The highest BCUT2D eigenvalue weighted by Gasteiger charge is 2.18. The van der Waals surface area contributed by atoms with Gasteiger partial charge in [-0.1, -0.05) is 134 Å². The monoisotopic (exact) mass is 481 g/mol. The molecule has 1 heterocycles. The third-order valence-electron chi connectivity index (χ3n) is 7.55. The second kappa shape index (κ2) is 19.6. The maximum absolute atomic E-state index is 2.52. The minimum absolute atomic E-state index is 0.543. The van der Waals surface area contributed by atoms with Gasteiger partial charge in [0.25, 0.3) is 5.82 Å². The molecule has 1 aromatic heterocycles. The summed E-state index contributed by atoms with van der Waals surface area (Å²) in [7, 11) is 0. The van der Waals surface area contributed by atoms with E-state index in [1.165, 1.54) is 133 Å². The molecule has 0 saturated carbocycles. The molecule has 2 heteroatoms. The molecule has 1 aromatic carbocycles. The van der Waals surface area contributed by atoms with Crippen LogP contribution < -0.4 is 4.57 Å². The van der Waals surface area contributed by atoms with Gasteiger partial charge in [-0.05, 0) is 38.7 Å². The highest BCUT2D eigenvalue weighted by atomic mass is 15.2. The van der Waals surface area contributed by atoms with Crippen LogP contribution in [0.5, 0.6) is 0 Å². The summed E-state index contributed by atoms with van der Waals surface area (Å²) in [6.45, 7) is 8.05. The summed E-state index contributed by atoms with van der Waals surface area (Å²) in [5, 5.41) is 0. The van der Waals surface area contributed by atoms with E-state index >= 15 is 0 Å². The van der Waals surface area contributed by atoms with Crippen LogP contribution in [-0.4, -0.2) is 4.57 Å². The molecule has 0 saturated heterocycles. The predicted molar refractivity (Wildman–Crippen MR) is 153 cm³/mol. The van der Waals surface area contributed by atoms with Crippen molar-refractivity contribution in [3.8, 4) is 0 Å². The molecule has 0 bridgehead atoms. The molecule has 198 valence electrons. The maximum Gasteiger partial charge on any atom is 0.256 e. The quantitative estimate of drug-likeness (QED) is 0.117. The molecule has 0 radical (unpaired) electrons. The van der Waals surface area contributed by atoms with Gasteiger partial charge >= 0.3 is 0 Å². The Labute approximate surface area is 218 Å².